The molecule has 0 saturated heterocycles. The molecule has 122 valence electrons. The molecule has 1 aromatic carbocycles. The van der Waals surface area contributed by atoms with Crippen LogP contribution in [-0.4, -0.2) is 32.8 Å². The van der Waals surface area contributed by atoms with E-state index in [-0.39, 0.29) is 12.5 Å². The number of carbonyl (C=O) groups is 2. The number of halogens is 1. The first kappa shape index (κ1) is 16.7. The van der Waals surface area contributed by atoms with Crippen LogP contribution in [0.5, 0.6) is 0 Å². The van der Waals surface area contributed by atoms with Gasteiger partial charge in [-0.25, -0.2) is 9.18 Å². The van der Waals surface area contributed by atoms with Crippen LogP contribution in [0.1, 0.15) is 35.8 Å². The minimum absolute atomic E-state index is 0.0691. The molecule has 2 N–H and O–H groups in total. The summed E-state index contributed by atoms with van der Waals surface area (Å²) >= 11 is 0. The summed E-state index contributed by atoms with van der Waals surface area (Å²) in [5, 5.41) is 15.8. The number of carboxylic acid groups (broad SMARTS) is 1. The maximum absolute atomic E-state index is 12.9. The van der Waals surface area contributed by atoms with Crippen molar-refractivity contribution in [3.63, 3.8) is 0 Å². The van der Waals surface area contributed by atoms with E-state index in [4.69, 9.17) is 0 Å². The lowest BCUT2D eigenvalue weighted by Crippen LogP contribution is -2.42. The molecule has 2 aromatic rings. The summed E-state index contributed by atoms with van der Waals surface area (Å²) in [5.41, 5.74) is 0.918. The third kappa shape index (κ3) is 4.38. The van der Waals surface area contributed by atoms with Crippen molar-refractivity contribution < 1.29 is 19.1 Å². The zero-order valence-corrected chi connectivity index (χ0v) is 12.9. The number of aromatic nitrogens is 2. The molecule has 2 rings (SSSR count). The van der Waals surface area contributed by atoms with Crippen molar-refractivity contribution in [1.82, 2.24) is 15.1 Å². The van der Waals surface area contributed by atoms with E-state index in [1.165, 1.54) is 30.5 Å². The number of hydrogen-bond donors (Lipinski definition) is 2. The highest BCUT2D eigenvalue weighted by atomic mass is 19.1. The molecule has 0 aliphatic heterocycles. The lowest BCUT2D eigenvalue weighted by atomic mass is 10.1. The summed E-state index contributed by atoms with van der Waals surface area (Å²) in [7, 11) is 0. The number of benzene rings is 1. The van der Waals surface area contributed by atoms with Gasteiger partial charge in [-0.05, 0) is 31.5 Å². The van der Waals surface area contributed by atoms with Crippen LogP contribution in [0.4, 0.5) is 4.39 Å². The fourth-order valence-electron chi connectivity index (χ4n) is 2.04. The highest BCUT2D eigenvalue weighted by Gasteiger charge is 2.22. The van der Waals surface area contributed by atoms with Crippen LogP contribution in [0, 0.1) is 5.82 Å². The van der Waals surface area contributed by atoms with Crippen molar-refractivity contribution in [3.8, 4) is 0 Å². The van der Waals surface area contributed by atoms with Crippen molar-refractivity contribution in [2.75, 3.05) is 0 Å². The Hall–Kier alpha value is -2.70. The summed E-state index contributed by atoms with van der Waals surface area (Å²) in [6.45, 7) is 3.84. The zero-order valence-electron chi connectivity index (χ0n) is 12.9. The summed E-state index contributed by atoms with van der Waals surface area (Å²) in [6, 6.07) is 4.50. The molecule has 1 atom stereocenters. The van der Waals surface area contributed by atoms with Crippen molar-refractivity contribution in [2.24, 2.45) is 0 Å². The van der Waals surface area contributed by atoms with E-state index in [9.17, 15) is 19.1 Å². The third-order valence-corrected chi connectivity index (χ3v) is 3.35. The molecule has 1 heterocycles. The van der Waals surface area contributed by atoms with E-state index in [0.29, 0.717) is 11.1 Å². The SMILES string of the molecule is CC(C)n1cc(C(=O)N[C@@H](Cc2ccc(F)cc2)C(=O)O)cn1. The summed E-state index contributed by atoms with van der Waals surface area (Å²) in [5.74, 6) is -2.06. The van der Waals surface area contributed by atoms with Crippen LogP contribution >= 0.6 is 0 Å². The average Bonchev–Trinajstić information content (AvgIpc) is 2.98. The topological polar surface area (TPSA) is 84.2 Å². The first-order chi connectivity index (χ1) is 10.9. The molecule has 0 radical (unpaired) electrons. The number of rotatable bonds is 6. The van der Waals surface area contributed by atoms with Gasteiger partial charge in [0, 0.05) is 18.7 Å². The zero-order chi connectivity index (χ0) is 17.0. The number of nitrogens with one attached hydrogen (secondary N) is 1. The first-order valence-corrected chi connectivity index (χ1v) is 7.19. The summed E-state index contributed by atoms with van der Waals surface area (Å²) < 4.78 is 14.5. The second-order valence-corrected chi connectivity index (χ2v) is 5.50. The number of hydrogen-bond acceptors (Lipinski definition) is 3. The first-order valence-electron chi connectivity index (χ1n) is 7.19. The number of amides is 1. The molecule has 0 aliphatic rings. The van der Waals surface area contributed by atoms with Crippen LogP contribution in [-0.2, 0) is 11.2 Å². The van der Waals surface area contributed by atoms with Crippen LogP contribution < -0.4 is 5.32 Å². The molecule has 0 fully saturated rings. The highest BCUT2D eigenvalue weighted by molar-refractivity contribution is 5.96. The number of nitrogens with zero attached hydrogens (tertiary/aromatic N) is 2. The van der Waals surface area contributed by atoms with Gasteiger partial charge in [0.2, 0.25) is 0 Å². The lowest BCUT2D eigenvalue weighted by molar-refractivity contribution is -0.139. The molecule has 0 spiro atoms. The van der Waals surface area contributed by atoms with E-state index in [2.05, 4.69) is 10.4 Å². The smallest absolute Gasteiger partial charge is 0.326 e. The molecule has 6 nitrogen and oxygen atoms in total. The van der Waals surface area contributed by atoms with E-state index >= 15 is 0 Å². The standard InChI is InChI=1S/C16H18FN3O3/c1-10(2)20-9-12(8-18-20)15(21)19-14(16(22)23)7-11-3-5-13(17)6-4-11/h3-6,8-10,14H,7H2,1-2H3,(H,19,21)(H,22,23)/t14-/m0/s1. The highest BCUT2D eigenvalue weighted by Crippen LogP contribution is 2.09. The van der Waals surface area contributed by atoms with Crippen molar-refractivity contribution in [1.29, 1.82) is 0 Å². The van der Waals surface area contributed by atoms with Gasteiger partial charge < -0.3 is 10.4 Å². The molecule has 0 saturated carbocycles. The van der Waals surface area contributed by atoms with E-state index in [1.54, 1.807) is 10.9 Å². The molecule has 7 heteroatoms. The molecular weight excluding hydrogens is 301 g/mol. The van der Waals surface area contributed by atoms with Crippen molar-refractivity contribution in [2.45, 2.75) is 32.4 Å². The van der Waals surface area contributed by atoms with Gasteiger partial charge in [-0.15, -0.1) is 0 Å². The van der Waals surface area contributed by atoms with Gasteiger partial charge in [-0.1, -0.05) is 12.1 Å². The predicted molar refractivity (Wildman–Crippen MR) is 81.6 cm³/mol. The monoisotopic (exact) mass is 319 g/mol. The van der Waals surface area contributed by atoms with Gasteiger partial charge in [0.25, 0.3) is 5.91 Å². The van der Waals surface area contributed by atoms with Gasteiger partial charge in [-0.3, -0.25) is 9.48 Å². The summed E-state index contributed by atoms with van der Waals surface area (Å²) in [4.78, 5) is 23.5. The molecule has 1 aromatic heterocycles. The van der Waals surface area contributed by atoms with Gasteiger partial charge in [0.05, 0.1) is 11.8 Å². The number of carbonyl (C=O) groups excluding carboxylic acids is 1. The van der Waals surface area contributed by atoms with Crippen molar-refractivity contribution >= 4 is 11.9 Å². The fourth-order valence-corrected chi connectivity index (χ4v) is 2.04. The molecule has 1 amide bonds. The van der Waals surface area contributed by atoms with E-state index in [1.807, 2.05) is 13.8 Å². The van der Waals surface area contributed by atoms with Crippen LogP contribution in [0.25, 0.3) is 0 Å². The van der Waals surface area contributed by atoms with Crippen molar-refractivity contribution in [3.05, 3.63) is 53.6 Å². The summed E-state index contributed by atoms with van der Waals surface area (Å²) in [6.07, 6.45) is 3.03. The van der Waals surface area contributed by atoms with Crippen LogP contribution in [0.3, 0.4) is 0 Å². The minimum atomic E-state index is -1.15. The molecule has 0 aliphatic carbocycles. The second kappa shape index (κ2) is 7.04. The Morgan fingerprint density at radius 1 is 1.30 bits per heavy atom. The Labute approximate surface area is 132 Å². The molecule has 0 unspecified atom stereocenters. The Kier molecular flexibility index (Phi) is 5.10. The Bertz CT molecular complexity index is 695. The Balaban J connectivity index is 2.07. The fraction of sp³-hybridized carbons (Fsp3) is 0.312. The number of aliphatic carboxylic acids is 1. The van der Waals surface area contributed by atoms with E-state index in [0.717, 1.165) is 0 Å². The second-order valence-electron chi connectivity index (χ2n) is 5.50. The van der Waals surface area contributed by atoms with E-state index < -0.39 is 23.7 Å². The third-order valence-electron chi connectivity index (χ3n) is 3.35. The maximum atomic E-state index is 12.9. The molecule has 23 heavy (non-hydrogen) atoms. The van der Waals surface area contributed by atoms with Gasteiger partial charge in [0.1, 0.15) is 11.9 Å². The van der Waals surface area contributed by atoms with Gasteiger partial charge >= 0.3 is 5.97 Å². The minimum Gasteiger partial charge on any atom is -0.480 e. The Morgan fingerprint density at radius 2 is 1.96 bits per heavy atom. The quantitative estimate of drug-likeness (QED) is 0.853. The van der Waals surface area contributed by atoms with Gasteiger partial charge in [0.15, 0.2) is 0 Å². The van der Waals surface area contributed by atoms with Crippen LogP contribution in [0.2, 0.25) is 0 Å². The Morgan fingerprint density at radius 3 is 2.48 bits per heavy atom. The normalized spacial score (nSPS) is 12.2. The van der Waals surface area contributed by atoms with Gasteiger partial charge in [-0.2, -0.15) is 5.10 Å². The lowest BCUT2D eigenvalue weighted by Gasteiger charge is -2.14. The van der Waals surface area contributed by atoms with Crippen LogP contribution in [0.15, 0.2) is 36.7 Å². The largest absolute Gasteiger partial charge is 0.480 e. The molecule has 0 bridgehead atoms. The predicted octanol–water partition coefficient (Wildman–Crippen LogP) is 2.03. The maximum Gasteiger partial charge on any atom is 0.326 e. The number of carboxylic acids is 1. The average molecular weight is 319 g/mol. The molecular formula is C16H18FN3O3.